The van der Waals surface area contributed by atoms with Crippen LogP contribution in [-0.2, 0) is 9.53 Å². The lowest BCUT2D eigenvalue weighted by atomic mass is 9.98. The molecule has 2 aromatic heterocycles. The highest BCUT2D eigenvalue weighted by Gasteiger charge is 2.32. The number of esters is 1. The maximum Gasteiger partial charge on any atom is 0.339 e. The van der Waals surface area contributed by atoms with Crippen molar-refractivity contribution in [2.45, 2.75) is 32.4 Å². The van der Waals surface area contributed by atoms with Crippen LogP contribution in [0.2, 0.25) is 0 Å². The zero-order valence-corrected chi connectivity index (χ0v) is 21.8. The van der Waals surface area contributed by atoms with Crippen molar-refractivity contribution in [3.63, 3.8) is 0 Å². The topological polar surface area (TPSA) is 66.0 Å². The third-order valence-electron chi connectivity index (χ3n) is 7.30. The number of benzene rings is 1. The number of anilines is 1. The summed E-state index contributed by atoms with van der Waals surface area (Å²) in [6.07, 6.45) is 4.67. The fourth-order valence-electron chi connectivity index (χ4n) is 5.31. The number of rotatable bonds is 5. The van der Waals surface area contributed by atoms with Crippen molar-refractivity contribution in [3.05, 3.63) is 65.2 Å². The number of nitrogens with zero attached hydrogens (tertiary/aromatic N) is 4. The molecule has 3 aromatic rings. The van der Waals surface area contributed by atoms with Gasteiger partial charge in [-0.05, 0) is 60.4 Å². The van der Waals surface area contributed by atoms with Gasteiger partial charge in [0, 0.05) is 49.2 Å². The number of pyridine rings is 1. The van der Waals surface area contributed by atoms with Gasteiger partial charge < -0.3 is 14.5 Å². The second-order valence-electron chi connectivity index (χ2n) is 9.64. The lowest BCUT2D eigenvalue weighted by Gasteiger charge is -2.45. The van der Waals surface area contributed by atoms with Gasteiger partial charge in [-0.25, -0.2) is 9.78 Å². The van der Waals surface area contributed by atoms with E-state index >= 15 is 0 Å². The Bertz CT molecular complexity index is 1270. The van der Waals surface area contributed by atoms with E-state index in [-0.39, 0.29) is 24.0 Å². The SMILES string of the molecule is COC(=O)c1ccc(N2C[C@@H](C)N(CC(=O)N3CC=C(c4cccc5ccsc45)CC3)[C@@H](C)C2)nc1. The maximum atomic E-state index is 13.2. The van der Waals surface area contributed by atoms with Crippen LogP contribution >= 0.6 is 11.3 Å². The molecule has 0 N–H and O–H groups in total. The number of thiophene rings is 1. The number of ether oxygens (including phenoxy) is 1. The van der Waals surface area contributed by atoms with E-state index in [9.17, 15) is 9.59 Å². The van der Waals surface area contributed by atoms with E-state index in [0.29, 0.717) is 18.7 Å². The molecule has 0 aliphatic carbocycles. The number of aromatic nitrogens is 1. The molecular formula is C28H32N4O3S. The fraction of sp³-hybridized carbons (Fsp3) is 0.393. The first-order valence-corrected chi connectivity index (χ1v) is 13.3. The molecule has 0 unspecified atom stereocenters. The second-order valence-corrected chi connectivity index (χ2v) is 10.6. The molecule has 4 heterocycles. The van der Waals surface area contributed by atoms with Crippen LogP contribution in [0.1, 0.15) is 36.2 Å². The Balaban J connectivity index is 1.19. The lowest BCUT2D eigenvalue weighted by molar-refractivity contribution is -0.133. The summed E-state index contributed by atoms with van der Waals surface area (Å²) < 4.78 is 6.09. The van der Waals surface area contributed by atoms with Crippen LogP contribution in [0.3, 0.4) is 0 Å². The fourth-order valence-corrected chi connectivity index (χ4v) is 6.26. The minimum atomic E-state index is -0.387. The van der Waals surface area contributed by atoms with Gasteiger partial charge in [-0.2, -0.15) is 0 Å². The van der Waals surface area contributed by atoms with Gasteiger partial charge in [0.05, 0.1) is 19.2 Å². The summed E-state index contributed by atoms with van der Waals surface area (Å²) in [5.41, 5.74) is 3.09. The van der Waals surface area contributed by atoms with E-state index in [1.54, 1.807) is 23.6 Å². The van der Waals surface area contributed by atoms with Gasteiger partial charge >= 0.3 is 5.97 Å². The first kappa shape index (κ1) is 24.5. The van der Waals surface area contributed by atoms with Crippen LogP contribution in [0.5, 0.6) is 0 Å². The largest absolute Gasteiger partial charge is 0.465 e. The molecule has 0 bridgehead atoms. The number of hydrogen-bond donors (Lipinski definition) is 0. The summed E-state index contributed by atoms with van der Waals surface area (Å²) in [5.74, 6) is 0.636. The van der Waals surface area contributed by atoms with E-state index in [0.717, 1.165) is 31.9 Å². The van der Waals surface area contributed by atoms with Gasteiger partial charge in [-0.15, -0.1) is 11.3 Å². The van der Waals surface area contributed by atoms with Crippen LogP contribution in [0.4, 0.5) is 5.82 Å². The Morgan fingerprint density at radius 1 is 1.11 bits per heavy atom. The Morgan fingerprint density at radius 3 is 2.58 bits per heavy atom. The minimum Gasteiger partial charge on any atom is -0.465 e. The average Bonchev–Trinajstić information content (AvgIpc) is 3.39. The molecule has 1 saturated heterocycles. The summed E-state index contributed by atoms with van der Waals surface area (Å²) in [5, 5.41) is 3.43. The molecule has 2 aliphatic rings. The van der Waals surface area contributed by atoms with E-state index < -0.39 is 0 Å². The molecule has 0 saturated carbocycles. The number of methoxy groups -OCH3 is 1. The molecule has 7 nitrogen and oxygen atoms in total. The highest BCUT2D eigenvalue weighted by atomic mass is 32.1. The van der Waals surface area contributed by atoms with Crippen LogP contribution in [0.25, 0.3) is 15.7 Å². The molecule has 188 valence electrons. The van der Waals surface area contributed by atoms with Gasteiger partial charge in [0.2, 0.25) is 5.91 Å². The van der Waals surface area contributed by atoms with Crippen LogP contribution in [0, 0.1) is 0 Å². The third kappa shape index (κ3) is 4.88. The van der Waals surface area contributed by atoms with Crippen LogP contribution < -0.4 is 4.90 Å². The van der Waals surface area contributed by atoms with Crippen molar-refractivity contribution in [2.75, 3.05) is 44.7 Å². The number of fused-ring (bicyclic) bond motifs is 1. The van der Waals surface area contributed by atoms with E-state index in [1.165, 1.54) is 28.3 Å². The van der Waals surface area contributed by atoms with Crippen LogP contribution in [0.15, 0.2) is 54.1 Å². The van der Waals surface area contributed by atoms with E-state index in [2.05, 4.69) is 64.4 Å². The predicted molar refractivity (Wildman–Crippen MR) is 144 cm³/mol. The highest BCUT2D eigenvalue weighted by molar-refractivity contribution is 7.17. The third-order valence-corrected chi connectivity index (χ3v) is 8.26. The predicted octanol–water partition coefficient (Wildman–Crippen LogP) is 4.30. The molecule has 1 fully saturated rings. The number of carbonyl (C=O) groups is 2. The molecule has 1 aromatic carbocycles. The molecule has 2 atom stereocenters. The zero-order chi connectivity index (χ0) is 25.2. The van der Waals surface area contributed by atoms with Crippen molar-refractivity contribution >= 4 is 44.7 Å². The summed E-state index contributed by atoms with van der Waals surface area (Å²) in [6.45, 7) is 7.72. The summed E-state index contributed by atoms with van der Waals surface area (Å²) >= 11 is 1.78. The quantitative estimate of drug-likeness (QED) is 0.483. The van der Waals surface area contributed by atoms with Crippen molar-refractivity contribution in [3.8, 4) is 0 Å². The molecule has 8 heteroatoms. The zero-order valence-electron chi connectivity index (χ0n) is 21.0. The van der Waals surface area contributed by atoms with E-state index in [1.807, 2.05) is 11.0 Å². The normalized spacial score (nSPS) is 20.9. The first-order chi connectivity index (χ1) is 17.4. The van der Waals surface area contributed by atoms with Crippen molar-refractivity contribution < 1.29 is 14.3 Å². The second kappa shape index (κ2) is 10.4. The summed E-state index contributed by atoms with van der Waals surface area (Å²) in [4.78, 5) is 35.9. The average molecular weight is 505 g/mol. The number of piperazine rings is 1. The minimum absolute atomic E-state index is 0.187. The van der Waals surface area contributed by atoms with Crippen molar-refractivity contribution in [1.82, 2.24) is 14.8 Å². The Labute approximate surface area is 216 Å². The molecular weight excluding hydrogens is 472 g/mol. The smallest absolute Gasteiger partial charge is 0.339 e. The Kier molecular flexibility index (Phi) is 7.07. The maximum absolute atomic E-state index is 13.2. The molecule has 2 aliphatic heterocycles. The summed E-state index contributed by atoms with van der Waals surface area (Å²) in [7, 11) is 1.37. The molecule has 36 heavy (non-hydrogen) atoms. The molecule has 5 rings (SSSR count). The monoisotopic (exact) mass is 504 g/mol. The van der Waals surface area contributed by atoms with Gasteiger partial charge in [0.15, 0.2) is 0 Å². The number of hydrogen-bond acceptors (Lipinski definition) is 7. The lowest BCUT2D eigenvalue weighted by Crippen LogP contribution is -2.59. The molecule has 0 radical (unpaired) electrons. The Morgan fingerprint density at radius 2 is 1.92 bits per heavy atom. The van der Waals surface area contributed by atoms with Gasteiger partial charge in [0.1, 0.15) is 5.82 Å². The standard InChI is InChI=1S/C28H32N4O3S/c1-19-16-31(25-8-7-23(15-29-25)28(34)35-3)17-20(2)32(19)18-26(33)30-12-9-21(10-13-30)24-6-4-5-22-11-14-36-27(22)24/h4-9,11,14-15,19-20H,10,12-13,16-18H2,1-3H3/t19-,20+. The van der Waals surface area contributed by atoms with Gasteiger partial charge in [0.25, 0.3) is 0 Å². The van der Waals surface area contributed by atoms with Gasteiger partial charge in [-0.1, -0.05) is 24.3 Å². The first-order valence-electron chi connectivity index (χ1n) is 12.4. The van der Waals surface area contributed by atoms with E-state index in [4.69, 9.17) is 4.74 Å². The van der Waals surface area contributed by atoms with Crippen LogP contribution in [-0.4, -0.2) is 78.6 Å². The Hall–Kier alpha value is -3.23. The number of amides is 1. The molecule has 0 spiro atoms. The van der Waals surface area contributed by atoms with Crippen molar-refractivity contribution in [1.29, 1.82) is 0 Å². The van der Waals surface area contributed by atoms with Gasteiger partial charge in [-0.3, -0.25) is 9.69 Å². The van der Waals surface area contributed by atoms with Crippen molar-refractivity contribution in [2.24, 2.45) is 0 Å². The molecule has 1 amide bonds. The summed E-state index contributed by atoms with van der Waals surface area (Å²) in [6, 6.07) is 12.6. The highest BCUT2D eigenvalue weighted by Crippen LogP contribution is 2.32. The number of carbonyl (C=O) groups excluding carboxylic acids is 2.